The van der Waals surface area contributed by atoms with Crippen LogP contribution in [0.25, 0.3) is 0 Å². The molecule has 1 aromatic rings. The summed E-state index contributed by atoms with van der Waals surface area (Å²) < 4.78 is 13.7. The Morgan fingerprint density at radius 1 is 1.33 bits per heavy atom. The van der Waals surface area contributed by atoms with E-state index in [9.17, 15) is 9.18 Å². The van der Waals surface area contributed by atoms with Gasteiger partial charge in [-0.1, -0.05) is 37.5 Å². The highest BCUT2D eigenvalue weighted by Gasteiger charge is 2.33. The van der Waals surface area contributed by atoms with Crippen LogP contribution in [0.1, 0.15) is 57.1 Å². The Labute approximate surface area is 126 Å². The number of nitrogens with two attached hydrogens (primary N) is 1. The summed E-state index contributed by atoms with van der Waals surface area (Å²) in [6.45, 7) is 2.36. The maximum atomic E-state index is 13.7. The van der Waals surface area contributed by atoms with Crippen LogP contribution in [0.2, 0.25) is 0 Å². The van der Waals surface area contributed by atoms with E-state index in [1.54, 1.807) is 18.2 Å². The third-order valence-electron chi connectivity index (χ3n) is 4.63. The van der Waals surface area contributed by atoms with Crippen LogP contribution < -0.4 is 11.1 Å². The fraction of sp³-hybridized carbons (Fsp3) is 0.588. The number of halogens is 1. The molecule has 0 bridgehead atoms. The third-order valence-corrected chi connectivity index (χ3v) is 4.63. The molecule has 1 aliphatic rings. The molecule has 4 heteroatoms. The van der Waals surface area contributed by atoms with E-state index in [4.69, 9.17) is 5.73 Å². The molecule has 3 N–H and O–H groups in total. The van der Waals surface area contributed by atoms with Crippen molar-refractivity contribution in [2.75, 3.05) is 6.54 Å². The molecule has 0 radical (unpaired) electrons. The second-order valence-corrected chi connectivity index (χ2v) is 6.25. The first-order chi connectivity index (χ1) is 10.1. The Bertz CT molecular complexity index is 483. The summed E-state index contributed by atoms with van der Waals surface area (Å²) in [7, 11) is 0. The van der Waals surface area contributed by atoms with Crippen molar-refractivity contribution in [3.05, 3.63) is 35.6 Å². The average Bonchev–Trinajstić information content (AvgIpc) is 2.48. The van der Waals surface area contributed by atoms with Gasteiger partial charge in [-0.15, -0.1) is 0 Å². The molecule has 0 aromatic heterocycles. The first-order valence-corrected chi connectivity index (χ1v) is 7.80. The van der Waals surface area contributed by atoms with Crippen LogP contribution in [0.15, 0.2) is 24.3 Å². The SMILES string of the molecule is C[C@@H](NC(=O)CC1(CN)CCCCC1)c1ccccc1F. The monoisotopic (exact) mass is 292 g/mol. The molecule has 0 saturated heterocycles. The molecule has 116 valence electrons. The molecule has 0 aliphatic heterocycles. The summed E-state index contributed by atoms with van der Waals surface area (Å²) in [5.74, 6) is -0.311. The van der Waals surface area contributed by atoms with Crippen LogP contribution in [0.4, 0.5) is 4.39 Å². The smallest absolute Gasteiger partial charge is 0.221 e. The first-order valence-electron chi connectivity index (χ1n) is 7.80. The number of hydrogen-bond acceptors (Lipinski definition) is 2. The van der Waals surface area contributed by atoms with Crippen molar-refractivity contribution >= 4 is 5.91 Å². The highest BCUT2D eigenvalue weighted by atomic mass is 19.1. The van der Waals surface area contributed by atoms with E-state index in [0.29, 0.717) is 18.5 Å². The van der Waals surface area contributed by atoms with Gasteiger partial charge in [-0.25, -0.2) is 4.39 Å². The molecule has 21 heavy (non-hydrogen) atoms. The van der Waals surface area contributed by atoms with Crippen molar-refractivity contribution in [1.82, 2.24) is 5.32 Å². The predicted molar refractivity (Wildman–Crippen MR) is 82.1 cm³/mol. The predicted octanol–water partition coefficient (Wildman–Crippen LogP) is 3.30. The van der Waals surface area contributed by atoms with Gasteiger partial charge in [-0.3, -0.25) is 4.79 Å². The lowest BCUT2D eigenvalue weighted by molar-refractivity contribution is -0.124. The summed E-state index contributed by atoms with van der Waals surface area (Å²) in [6, 6.07) is 6.24. The molecule has 3 nitrogen and oxygen atoms in total. The molecular weight excluding hydrogens is 267 g/mol. The molecule has 1 amide bonds. The van der Waals surface area contributed by atoms with Crippen LogP contribution in [0, 0.1) is 11.2 Å². The molecule has 1 fully saturated rings. The van der Waals surface area contributed by atoms with Crippen molar-refractivity contribution in [3.63, 3.8) is 0 Å². The number of hydrogen-bond donors (Lipinski definition) is 2. The van der Waals surface area contributed by atoms with E-state index < -0.39 is 0 Å². The van der Waals surface area contributed by atoms with Gasteiger partial charge in [-0.05, 0) is 37.8 Å². The number of carbonyl (C=O) groups excluding carboxylic acids is 1. The van der Waals surface area contributed by atoms with Gasteiger partial charge >= 0.3 is 0 Å². The largest absolute Gasteiger partial charge is 0.349 e. The molecule has 0 heterocycles. The Kier molecular flexibility index (Phi) is 5.34. The quantitative estimate of drug-likeness (QED) is 0.875. The zero-order valence-electron chi connectivity index (χ0n) is 12.7. The normalized spacial score (nSPS) is 19.0. The zero-order valence-corrected chi connectivity index (χ0v) is 12.7. The summed E-state index contributed by atoms with van der Waals surface area (Å²) in [5.41, 5.74) is 6.38. The minimum absolute atomic E-state index is 0.0295. The van der Waals surface area contributed by atoms with E-state index in [1.807, 2.05) is 6.92 Å². The highest BCUT2D eigenvalue weighted by Crippen LogP contribution is 2.38. The highest BCUT2D eigenvalue weighted by molar-refractivity contribution is 5.77. The Balaban J connectivity index is 1.96. The van der Waals surface area contributed by atoms with Crippen molar-refractivity contribution < 1.29 is 9.18 Å². The lowest BCUT2D eigenvalue weighted by Gasteiger charge is -2.36. The average molecular weight is 292 g/mol. The van der Waals surface area contributed by atoms with Gasteiger partial charge in [-0.2, -0.15) is 0 Å². The summed E-state index contributed by atoms with van der Waals surface area (Å²) >= 11 is 0. The number of rotatable bonds is 5. The standard InChI is InChI=1S/C17H25FN2O/c1-13(14-7-3-4-8-15(14)18)20-16(21)11-17(12-19)9-5-2-6-10-17/h3-4,7-8,13H,2,5-6,9-12,19H2,1H3,(H,20,21)/t13-/m1/s1. The Hall–Kier alpha value is -1.42. The van der Waals surface area contributed by atoms with E-state index in [0.717, 1.165) is 25.7 Å². The third kappa shape index (κ3) is 4.03. The van der Waals surface area contributed by atoms with Crippen LogP contribution in [0.5, 0.6) is 0 Å². The summed E-state index contributed by atoms with van der Waals surface area (Å²) in [4.78, 5) is 12.3. The molecule has 1 atom stereocenters. The van der Waals surface area contributed by atoms with E-state index >= 15 is 0 Å². The van der Waals surface area contributed by atoms with Crippen molar-refractivity contribution in [3.8, 4) is 0 Å². The van der Waals surface area contributed by atoms with Gasteiger partial charge in [0, 0.05) is 12.0 Å². The van der Waals surface area contributed by atoms with Gasteiger partial charge in [0.15, 0.2) is 0 Å². The second kappa shape index (κ2) is 7.03. The van der Waals surface area contributed by atoms with E-state index in [-0.39, 0.29) is 23.2 Å². The lowest BCUT2D eigenvalue weighted by atomic mass is 9.71. The second-order valence-electron chi connectivity index (χ2n) is 6.25. The minimum atomic E-state index is -0.322. The van der Waals surface area contributed by atoms with Gasteiger partial charge < -0.3 is 11.1 Å². The molecule has 1 aliphatic carbocycles. The Morgan fingerprint density at radius 2 is 2.00 bits per heavy atom. The lowest BCUT2D eigenvalue weighted by Crippen LogP contribution is -2.39. The molecule has 1 aromatic carbocycles. The minimum Gasteiger partial charge on any atom is -0.349 e. The molecule has 0 unspecified atom stereocenters. The van der Waals surface area contributed by atoms with Crippen molar-refractivity contribution in [1.29, 1.82) is 0 Å². The molecule has 2 rings (SSSR count). The molecular formula is C17H25FN2O. The Morgan fingerprint density at radius 3 is 2.62 bits per heavy atom. The van der Waals surface area contributed by atoms with Crippen molar-refractivity contribution in [2.24, 2.45) is 11.1 Å². The van der Waals surface area contributed by atoms with Crippen molar-refractivity contribution in [2.45, 2.75) is 51.5 Å². The maximum Gasteiger partial charge on any atom is 0.221 e. The summed E-state index contributed by atoms with van der Waals surface area (Å²) in [6.07, 6.45) is 6.01. The first kappa shape index (κ1) is 16.0. The topological polar surface area (TPSA) is 55.1 Å². The molecule has 0 spiro atoms. The number of amides is 1. The number of carbonyl (C=O) groups is 1. The number of benzene rings is 1. The molecule has 1 saturated carbocycles. The van der Waals surface area contributed by atoms with Crippen LogP contribution in [0.3, 0.4) is 0 Å². The zero-order chi connectivity index (χ0) is 15.3. The fourth-order valence-electron chi connectivity index (χ4n) is 3.29. The van der Waals surface area contributed by atoms with Crippen LogP contribution in [-0.2, 0) is 4.79 Å². The fourth-order valence-corrected chi connectivity index (χ4v) is 3.29. The van der Waals surface area contributed by atoms with Gasteiger partial charge in [0.25, 0.3) is 0 Å². The van der Waals surface area contributed by atoms with E-state index in [2.05, 4.69) is 5.32 Å². The number of nitrogens with one attached hydrogen (secondary N) is 1. The van der Waals surface area contributed by atoms with Crippen LogP contribution in [-0.4, -0.2) is 12.5 Å². The summed E-state index contributed by atoms with van der Waals surface area (Å²) in [5, 5.41) is 2.91. The van der Waals surface area contributed by atoms with Crippen LogP contribution >= 0.6 is 0 Å². The van der Waals surface area contributed by atoms with Gasteiger partial charge in [0.1, 0.15) is 5.82 Å². The van der Waals surface area contributed by atoms with Gasteiger partial charge in [0.2, 0.25) is 5.91 Å². The van der Waals surface area contributed by atoms with E-state index in [1.165, 1.54) is 12.5 Å². The van der Waals surface area contributed by atoms with Gasteiger partial charge in [0.05, 0.1) is 6.04 Å². The maximum absolute atomic E-state index is 13.7.